The molecule has 1 heterocycles. The molecule has 114 valence electrons. The van der Waals surface area contributed by atoms with Gasteiger partial charge in [0.15, 0.2) is 0 Å². The molecule has 0 saturated carbocycles. The molecular weight excluding hydrogens is 270 g/mol. The molecular formula is C15H21N3O3. The third-order valence-electron chi connectivity index (χ3n) is 3.62. The van der Waals surface area contributed by atoms with Crippen LogP contribution in [0.15, 0.2) is 24.3 Å². The summed E-state index contributed by atoms with van der Waals surface area (Å²) < 4.78 is 0. The quantitative estimate of drug-likeness (QED) is 0.883. The number of aliphatic hydroxyl groups is 1. The minimum Gasteiger partial charge on any atom is -0.394 e. The Morgan fingerprint density at radius 1 is 1.43 bits per heavy atom. The number of likely N-dealkylation sites (tertiary alicyclic amines) is 1. The number of nitrogens with one attached hydrogen (secondary N) is 1. The molecule has 6 heteroatoms. The summed E-state index contributed by atoms with van der Waals surface area (Å²) in [4.78, 5) is 27.2. The molecule has 0 aliphatic carbocycles. The van der Waals surface area contributed by atoms with E-state index in [0.29, 0.717) is 17.8 Å². The van der Waals surface area contributed by atoms with Gasteiger partial charge in [0.25, 0.3) is 5.91 Å². The van der Waals surface area contributed by atoms with Crippen LogP contribution in [0.3, 0.4) is 0 Å². The van der Waals surface area contributed by atoms with Gasteiger partial charge in [-0.05, 0) is 31.0 Å². The summed E-state index contributed by atoms with van der Waals surface area (Å²) in [5, 5.41) is 12.0. The van der Waals surface area contributed by atoms with Gasteiger partial charge < -0.3 is 20.2 Å². The highest BCUT2D eigenvalue weighted by molar-refractivity contribution is 5.96. The van der Waals surface area contributed by atoms with E-state index in [4.69, 9.17) is 0 Å². The molecule has 1 aliphatic rings. The highest BCUT2D eigenvalue weighted by Gasteiger charge is 2.28. The minimum atomic E-state index is -0.235. The molecule has 2 N–H and O–H groups in total. The molecule has 1 aromatic rings. The summed E-state index contributed by atoms with van der Waals surface area (Å²) in [6.07, 6.45) is 1.72. The van der Waals surface area contributed by atoms with Crippen molar-refractivity contribution >= 4 is 17.6 Å². The first-order valence-electron chi connectivity index (χ1n) is 7.03. The van der Waals surface area contributed by atoms with Gasteiger partial charge in [0.2, 0.25) is 0 Å². The van der Waals surface area contributed by atoms with Gasteiger partial charge in [-0.3, -0.25) is 4.79 Å². The van der Waals surface area contributed by atoms with Gasteiger partial charge in [-0.1, -0.05) is 6.07 Å². The number of aliphatic hydroxyl groups excluding tert-OH is 1. The lowest BCUT2D eigenvalue weighted by Gasteiger charge is -2.23. The van der Waals surface area contributed by atoms with Crippen LogP contribution >= 0.6 is 0 Å². The maximum atomic E-state index is 12.2. The first-order valence-corrected chi connectivity index (χ1v) is 7.03. The van der Waals surface area contributed by atoms with Gasteiger partial charge in [-0.25, -0.2) is 4.79 Å². The van der Waals surface area contributed by atoms with E-state index in [0.717, 1.165) is 12.8 Å². The standard InChI is InChI=1S/C15H21N3O3/c1-17(2)14(20)11-5-3-6-12(9-11)16-15(21)18-8-4-7-13(18)10-19/h3,5-6,9,13,19H,4,7-8,10H2,1-2H3,(H,16,21)/t13-/m1/s1. The summed E-state index contributed by atoms with van der Waals surface area (Å²) in [5.74, 6) is -0.111. The molecule has 0 aromatic heterocycles. The van der Waals surface area contributed by atoms with Crippen LogP contribution in [-0.2, 0) is 0 Å². The molecule has 0 bridgehead atoms. The van der Waals surface area contributed by atoms with Crippen LogP contribution in [0.4, 0.5) is 10.5 Å². The molecule has 2 rings (SSSR count). The molecule has 1 saturated heterocycles. The fourth-order valence-electron chi connectivity index (χ4n) is 2.48. The topological polar surface area (TPSA) is 72.9 Å². The van der Waals surface area contributed by atoms with Crippen LogP contribution < -0.4 is 5.32 Å². The maximum absolute atomic E-state index is 12.2. The molecule has 0 unspecified atom stereocenters. The SMILES string of the molecule is CN(C)C(=O)c1cccc(NC(=O)N2CCC[C@@H]2CO)c1. The average molecular weight is 291 g/mol. The molecule has 1 aliphatic heterocycles. The summed E-state index contributed by atoms with van der Waals surface area (Å²) in [5.41, 5.74) is 1.11. The number of carbonyl (C=O) groups excluding carboxylic acids is 2. The number of carbonyl (C=O) groups is 2. The molecule has 0 spiro atoms. The van der Waals surface area contributed by atoms with Crippen molar-refractivity contribution in [3.63, 3.8) is 0 Å². The Morgan fingerprint density at radius 2 is 2.19 bits per heavy atom. The van der Waals surface area contributed by atoms with E-state index >= 15 is 0 Å². The molecule has 21 heavy (non-hydrogen) atoms. The third kappa shape index (κ3) is 3.52. The zero-order valence-corrected chi connectivity index (χ0v) is 12.4. The zero-order chi connectivity index (χ0) is 15.4. The first kappa shape index (κ1) is 15.3. The van der Waals surface area contributed by atoms with Crippen molar-refractivity contribution in [2.24, 2.45) is 0 Å². The average Bonchev–Trinajstić information content (AvgIpc) is 2.95. The van der Waals surface area contributed by atoms with Crippen molar-refractivity contribution in [2.75, 3.05) is 32.6 Å². The Labute approximate surface area is 124 Å². The Bertz CT molecular complexity index is 531. The van der Waals surface area contributed by atoms with Crippen molar-refractivity contribution < 1.29 is 14.7 Å². The molecule has 1 aromatic carbocycles. The zero-order valence-electron chi connectivity index (χ0n) is 12.4. The van der Waals surface area contributed by atoms with Gasteiger partial charge in [0, 0.05) is 31.9 Å². The van der Waals surface area contributed by atoms with Crippen molar-refractivity contribution in [2.45, 2.75) is 18.9 Å². The predicted molar refractivity (Wildman–Crippen MR) is 80.3 cm³/mol. The van der Waals surface area contributed by atoms with Gasteiger partial charge >= 0.3 is 6.03 Å². The number of hydrogen-bond donors (Lipinski definition) is 2. The maximum Gasteiger partial charge on any atom is 0.322 e. The lowest BCUT2D eigenvalue weighted by molar-refractivity contribution is 0.0827. The van der Waals surface area contributed by atoms with Crippen LogP contribution in [-0.4, -0.2) is 60.1 Å². The predicted octanol–water partition coefficient (Wildman–Crippen LogP) is 1.38. The minimum absolute atomic E-state index is 0.0213. The van der Waals surface area contributed by atoms with E-state index in [1.165, 1.54) is 4.90 Å². The number of hydrogen-bond acceptors (Lipinski definition) is 3. The number of nitrogens with zero attached hydrogens (tertiary/aromatic N) is 2. The smallest absolute Gasteiger partial charge is 0.322 e. The monoisotopic (exact) mass is 291 g/mol. The number of amides is 3. The Kier molecular flexibility index (Phi) is 4.80. The normalized spacial score (nSPS) is 17.7. The fraction of sp³-hybridized carbons (Fsp3) is 0.467. The van der Waals surface area contributed by atoms with E-state index in [9.17, 15) is 14.7 Å². The molecule has 6 nitrogen and oxygen atoms in total. The highest BCUT2D eigenvalue weighted by atomic mass is 16.3. The van der Waals surface area contributed by atoms with Crippen LogP contribution in [0.2, 0.25) is 0 Å². The fourth-order valence-corrected chi connectivity index (χ4v) is 2.48. The number of urea groups is 1. The van der Waals surface area contributed by atoms with Crippen LogP contribution in [0.25, 0.3) is 0 Å². The summed E-state index contributed by atoms with van der Waals surface area (Å²) in [7, 11) is 3.37. The van der Waals surface area contributed by atoms with Gasteiger partial charge in [-0.15, -0.1) is 0 Å². The lowest BCUT2D eigenvalue weighted by atomic mass is 10.2. The largest absolute Gasteiger partial charge is 0.394 e. The van der Waals surface area contributed by atoms with E-state index < -0.39 is 0 Å². The van der Waals surface area contributed by atoms with Gasteiger partial charge in [0.1, 0.15) is 0 Å². The van der Waals surface area contributed by atoms with Crippen molar-refractivity contribution in [3.8, 4) is 0 Å². The van der Waals surface area contributed by atoms with Crippen LogP contribution in [0.1, 0.15) is 23.2 Å². The molecule has 3 amide bonds. The van der Waals surface area contributed by atoms with Gasteiger partial charge in [0.05, 0.1) is 12.6 Å². The van der Waals surface area contributed by atoms with Crippen molar-refractivity contribution in [1.29, 1.82) is 0 Å². The Morgan fingerprint density at radius 3 is 2.86 bits per heavy atom. The number of rotatable bonds is 3. The summed E-state index contributed by atoms with van der Waals surface area (Å²) >= 11 is 0. The molecule has 0 radical (unpaired) electrons. The lowest BCUT2D eigenvalue weighted by Crippen LogP contribution is -2.40. The van der Waals surface area contributed by atoms with E-state index in [2.05, 4.69) is 5.32 Å². The van der Waals surface area contributed by atoms with Crippen molar-refractivity contribution in [1.82, 2.24) is 9.80 Å². The third-order valence-corrected chi connectivity index (χ3v) is 3.62. The second-order valence-electron chi connectivity index (χ2n) is 5.38. The van der Waals surface area contributed by atoms with E-state index in [1.54, 1.807) is 43.3 Å². The van der Waals surface area contributed by atoms with Crippen LogP contribution in [0.5, 0.6) is 0 Å². The Hall–Kier alpha value is -2.08. The molecule has 1 atom stereocenters. The second-order valence-corrected chi connectivity index (χ2v) is 5.38. The van der Waals surface area contributed by atoms with E-state index in [1.807, 2.05) is 0 Å². The number of anilines is 1. The number of benzene rings is 1. The van der Waals surface area contributed by atoms with Crippen LogP contribution in [0, 0.1) is 0 Å². The van der Waals surface area contributed by atoms with Gasteiger partial charge in [-0.2, -0.15) is 0 Å². The Balaban J connectivity index is 2.07. The second kappa shape index (κ2) is 6.58. The molecule has 1 fully saturated rings. The first-order chi connectivity index (χ1) is 10.0. The summed E-state index contributed by atoms with van der Waals surface area (Å²) in [6, 6.07) is 6.50. The van der Waals surface area contributed by atoms with Crippen molar-refractivity contribution in [3.05, 3.63) is 29.8 Å². The highest BCUT2D eigenvalue weighted by Crippen LogP contribution is 2.19. The summed E-state index contributed by atoms with van der Waals surface area (Å²) in [6.45, 7) is 0.625. The van der Waals surface area contributed by atoms with E-state index in [-0.39, 0.29) is 24.6 Å².